The Morgan fingerprint density at radius 2 is 1.95 bits per heavy atom. The zero-order chi connectivity index (χ0) is 13.5. The second-order valence-electron chi connectivity index (χ2n) is 5.92. The van der Waals surface area contributed by atoms with Gasteiger partial charge in [-0.2, -0.15) is 0 Å². The van der Waals surface area contributed by atoms with Crippen molar-refractivity contribution >= 4 is 15.9 Å². The summed E-state index contributed by atoms with van der Waals surface area (Å²) in [6, 6.07) is 4.73. The van der Waals surface area contributed by atoms with Crippen LogP contribution in [-0.4, -0.2) is 37.4 Å². The maximum absolute atomic E-state index is 5.46. The Morgan fingerprint density at radius 3 is 2.65 bits per heavy atom. The first kappa shape index (κ1) is 12.9. The molecule has 1 atom stereocenters. The molecule has 1 unspecified atom stereocenters. The van der Waals surface area contributed by atoms with Crippen molar-refractivity contribution in [3.63, 3.8) is 0 Å². The summed E-state index contributed by atoms with van der Waals surface area (Å²) in [5.74, 6) is 2.55. The second-order valence-corrected chi connectivity index (χ2v) is 6.78. The summed E-state index contributed by atoms with van der Waals surface area (Å²) in [4.78, 5) is 2.58. The predicted octanol–water partition coefficient (Wildman–Crippen LogP) is 2.36. The fourth-order valence-electron chi connectivity index (χ4n) is 3.53. The lowest BCUT2D eigenvalue weighted by atomic mass is 9.84. The minimum atomic E-state index is 0.332. The van der Waals surface area contributed by atoms with Crippen LogP contribution in [0.15, 0.2) is 16.6 Å². The van der Waals surface area contributed by atoms with Crippen LogP contribution in [0, 0.1) is 5.92 Å². The SMILES string of the molecule is Brc1cc2c(cc1CNC1CN3CCC1CC3)OCO2. The number of nitrogens with zero attached hydrogens (tertiary/aromatic N) is 1. The second kappa shape index (κ2) is 5.20. The average Bonchev–Trinajstić information content (AvgIpc) is 2.93. The van der Waals surface area contributed by atoms with E-state index in [2.05, 4.69) is 32.2 Å². The molecule has 0 saturated carbocycles. The van der Waals surface area contributed by atoms with E-state index >= 15 is 0 Å². The first-order valence-corrected chi connectivity index (χ1v) is 8.12. The van der Waals surface area contributed by atoms with Crippen LogP contribution < -0.4 is 14.8 Å². The van der Waals surface area contributed by atoms with Gasteiger partial charge in [-0.25, -0.2) is 0 Å². The van der Waals surface area contributed by atoms with Gasteiger partial charge in [-0.05, 0) is 49.5 Å². The van der Waals surface area contributed by atoms with Crippen LogP contribution in [-0.2, 0) is 6.54 Å². The fourth-order valence-corrected chi connectivity index (χ4v) is 3.99. The molecular weight excluding hydrogens is 320 g/mol. The highest BCUT2D eigenvalue weighted by atomic mass is 79.9. The van der Waals surface area contributed by atoms with E-state index < -0.39 is 0 Å². The van der Waals surface area contributed by atoms with Crippen molar-refractivity contribution in [1.82, 2.24) is 10.2 Å². The first-order chi connectivity index (χ1) is 9.79. The van der Waals surface area contributed by atoms with Crippen molar-refractivity contribution in [2.45, 2.75) is 25.4 Å². The predicted molar refractivity (Wildman–Crippen MR) is 80.1 cm³/mol. The molecule has 1 N–H and O–H groups in total. The molecule has 2 bridgehead atoms. The number of rotatable bonds is 3. The molecular formula is C15H19BrN2O2. The normalized spacial score (nSPS) is 30.8. The van der Waals surface area contributed by atoms with Crippen LogP contribution in [0.25, 0.3) is 0 Å². The van der Waals surface area contributed by atoms with Crippen molar-refractivity contribution in [3.05, 3.63) is 22.2 Å². The Hall–Kier alpha value is -0.780. The number of piperidine rings is 3. The number of ether oxygens (including phenoxy) is 2. The zero-order valence-electron chi connectivity index (χ0n) is 11.4. The van der Waals surface area contributed by atoms with Gasteiger partial charge in [0.2, 0.25) is 6.79 Å². The molecule has 0 radical (unpaired) electrons. The van der Waals surface area contributed by atoms with Gasteiger partial charge in [0.15, 0.2) is 11.5 Å². The molecule has 5 rings (SSSR count). The standard InChI is InChI=1S/C15H19BrN2O2/c16-12-6-15-14(19-9-20-15)5-11(12)7-17-13-8-18-3-1-10(13)2-4-18/h5-6,10,13,17H,1-4,7-9H2. The van der Waals surface area contributed by atoms with Gasteiger partial charge in [0, 0.05) is 23.6 Å². The molecule has 1 aromatic carbocycles. The van der Waals surface area contributed by atoms with E-state index in [1.165, 1.54) is 38.0 Å². The zero-order valence-corrected chi connectivity index (χ0v) is 13.0. The molecule has 4 heterocycles. The molecule has 0 aliphatic carbocycles. The van der Waals surface area contributed by atoms with Crippen molar-refractivity contribution in [1.29, 1.82) is 0 Å². The molecule has 3 saturated heterocycles. The fraction of sp³-hybridized carbons (Fsp3) is 0.600. The number of fused-ring (bicyclic) bond motifs is 4. The molecule has 1 aromatic rings. The third-order valence-electron chi connectivity index (χ3n) is 4.75. The van der Waals surface area contributed by atoms with Crippen LogP contribution in [0.2, 0.25) is 0 Å². The van der Waals surface area contributed by atoms with Gasteiger partial charge in [0.25, 0.3) is 0 Å². The summed E-state index contributed by atoms with van der Waals surface area (Å²) in [6.07, 6.45) is 2.69. The van der Waals surface area contributed by atoms with E-state index in [0.29, 0.717) is 12.8 Å². The van der Waals surface area contributed by atoms with Crippen LogP contribution in [0.3, 0.4) is 0 Å². The molecule has 4 nitrogen and oxygen atoms in total. The maximum Gasteiger partial charge on any atom is 0.231 e. The van der Waals surface area contributed by atoms with Crippen LogP contribution in [0.5, 0.6) is 11.5 Å². The minimum Gasteiger partial charge on any atom is -0.454 e. The van der Waals surface area contributed by atoms with Gasteiger partial charge in [-0.3, -0.25) is 0 Å². The van der Waals surface area contributed by atoms with Crippen LogP contribution >= 0.6 is 15.9 Å². The van der Waals surface area contributed by atoms with Gasteiger partial charge < -0.3 is 19.7 Å². The monoisotopic (exact) mass is 338 g/mol. The van der Waals surface area contributed by atoms with E-state index in [1.807, 2.05) is 6.07 Å². The Bertz CT molecular complexity index is 515. The highest BCUT2D eigenvalue weighted by Crippen LogP contribution is 2.37. The Labute approximate surface area is 127 Å². The van der Waals surface area contributed by atoms with E-state index in [4.69, 9.17) is 9.47 Å². The van der Waals surface area contributed by atoms with Gasteiger partial charge in [0.05, 0.1) is 0 Å². The highest BCUT2D eigenvalue weighted by Gasteiger charge is 2.33. The number of halogens is 1. The first-order valence-electron chi connectivity index (χ1n) is 7.33. The smallest absolute Gasteiger partial charge is 0.231 e. The average molecular weight is 339 g/mol. The molecule has 108 valence electrons. The molecule has 3 fully saturated rings. The summed E-state index contributed by atoms with van der Waals surface area (Å²) < 4.78 is 11.9. The van der Waals surface area contributed by atoms with Gasteiger partial charge in [-0.15, -0.1) is 0 Å². The van der Waals surface area contributed by atoms with E-state index in [1.54, 1.807) is 0 Å². The number of hydrogen-bond acceptors (Lipinski definition) is 4. The molecule has 20 heavy (non-hydrogen) atoms. The Balaban J connectivity index is 1.44. The third kappa shape index (κ3) is 2.32. The molecule has 5 heteroatoms. The Morgan fingerprint density at radius 1 is 1.20 bits per heavy atom. The lowest BCUT2D eigenvalue weighted by Crippen LogP contribution is -2.55. The maximum atomic E-state index is 5.46. The van der Waals surface area contributed by atoms with Crippen molar-refractivity contribution in [2.75, 3.05) is 26.4 Å². The van der Waals surface area contributed by atoms with Crippen molar-refractivity contribution < 1.29 is 9.47 Å². The van der Waals surface area contributed by atoms with Crippen LogP contribution in [0.1, 0.15) is 18.4 Å². The third-order valence-corrected chi connectivity index (χ3v) is 5.49. The summed E-state index contributed by atoms with van der Waals surface area (Å²) >= 11 is 3.63. The lowest BCUT2D eigenvalue weighted by Gasteiger charge is -2.45. The van der Waals surface area contributed by atoms with E-state index in [-0.39, 0.29) is 0 Å². The molecule has 0 amide bonds. The minimum absolute atomic E-state index is 0.332. The molecule has 0 spiro atoms. The molecule has 4 aliphatic rings. The van der Waals surface area contributed by atoms with Gasteiger partial charge >= 0.3 is 0 Å². The summed E-state index contributed by atoms with van der Waals surface area (Å²) in [6.45, 7) is 4.99. The van der Waals surface area contributed by atoms with Gasteiger partial charge in [0.1, 0.15) is 0 Å². The van der Waals surface area contributed by atoms with E-state index in [9.17, 15) is 0 Å². The van der Waals surface area contributed by atoms with Crippen LogP contribution in [0.4, 0.5) is 0 Å². The Kier molecular flexibility index (Phi) is 3.36. The quantitative estimate of drug-likeness (QED) is 0.917. The largest absolute Gasteiger partial charge is 0.454 e. The summed E-state index contributed by atoms with van der Waals surface area (Å²) in [5.41, 5.74) is 1.24. The van der Waals surface area contributed by atoms with Crippen molar-refractivity contribution in [2.24, 2.45) is 5.92 Å². The summed E-state index contributed by atoms with van der Waals surface area (Å²) in [5, 5.41) is 3.73. The number of hydrogen-bond donors (Lipinski definition) is 1. The number of nitrogens with one attached hydrogen (secondary N) is 1. The topological polar surface area (TPSA) is 33.7 Å². The summed E-state index contributed by atoms with van der Waals surface area (Å²) in [7, 11) is 0. The highest BCUT2D eigenvalue weighted by molar-refractivity contribution is 9.10. The van der Waals surface area contributed by atoms with Gasteiger partial charge in [-0.1, -0.05) is 15.9 Å². The number of benzene rings is 1. The lowest BCUT2D eigenvalue weighted by molar-refractivity contribution is 0.0720. The molecule has 4 aliphatic heterocycles. The van der Waals surface area contributed by atoms with Crippen molar-refractivity contribution in [3.8, 4) is 11.5 Å². The van der Waals surface area contributed by atoms with E-state index in [0.717, 1.165) is 28.4 Å². The molecule has 0 aromatic heterocycles.